The summed E-state index contributed by atoms with van der Waals surface area (Å²) in [4.78, 5) is 6.98. The molecule has 2 aliphatic rings. The highest BCUT2D eigenvalue weighted by Crippen LogP contribution is 2.46. The van der Waals surface area contributed by atoms with Gasteiger partial charge in [-0.15, -0.1) is 0 Å². The van der Waals surface area contributed by atoms with E-state index in [1.807, 2.05) is 31.2 Å². The lowest BCUT2D eigenvalue weighted by atomic mass is 9.83. The lowest BCUT2D eigenvalue weighted by molar-refractivity contribution is 0.340. The number of likely N-dealkylation sites (N-methyl/N-ethyl adjacent to an activating group) is 1. The number of anilines is 1. The van der Waals surface area contributed by atoms with Crippen LogP contribution in [-0.4, -0.2) is 19.4 Å². The maximum Gasteiger partial charge on any atom is 0.119 e. The van der Waals surface area contributed by atoms with Crippen molar-refractivity contribution in [3.05, 3.63) is 102 Å². The molecule has 0 radical (unpaired) electrons. The lowest BCUT2D eigenvalue weighted by Gasteiger charge is -2.23. The summed E-state index contributed by atoms with van der Waals surface area (Å²) in [5.41, 5.74) is 6.97. The molecule has 0 N–H and O–H groups in total. The third-order valence-corrected chi connectivity index (χ3v) is 5.67. The van der Waals surface area contributed by atoms with Crippen LogP contribution in [0.5, 0.6) is 5.75 Å². The Hall–Kier alpha value is -3.33. The topological polar surface area (TPSA) is 24.8 Å². The molecule has 4 rings (SSSR count). The second kappa shape index (κ2) is 8.19. The molecule has 1 aliphatic heterocycles. The standard InChI is InChI=1S/C27H28N2O/c1-5-30-23-17-15-22(16-18-23)28-21-13-10-20(11-14-21)12-19-26-27(2,3)24-8-6-7-9-25(24)29(26)4/h6-19H,5H2,1-4H3/b20-12?,26-19+,28-21?. The van der Waals surface area contributed by atoms with Crippen molar-refractivity contribution in [1.29, 1.82) is 0 Å². The van der Waals surface area contributed by atoms with Crippen LogP contribution in [0.2, 0.25) is 0 Å². The highest BCUT2D eigenvalue weighted by molar-refractivity contribution is 6.07. The smallest absolute Gasteiger partial charge is 0.119 e. The number of allylic oxidation sites excluding steroid dienone is 8. The minimum Gasteiger partial charge on any atom is -0.494 e. The zero-order valence-electron chi connectivity index (χ0n) is 18.1. The molecule has 152 valence electrons. The van der Waals surface area contributed by atoms with E-state index >= 15 is 0 Å². The predicted octanol–water partition coefficient (Wildman–Crippen LogP) is 6.52. The van der Waals surface area contributed by atoms with Crippen molar-refractivity contribution in [2.75, 3.05) is 18.6 Å². The normalized spacial score (nSPS) is 18.0. The van der Waals surface area contributed by atoms with Gasteiger partial charge < -0.3 is 9.64 Å². The van der Waals surface area contributed by atoms with E-state index in [0.717, 1.165) is 22.7 Å². The Bertz CT molecular complexity index is 1060. The molecule has 3 heteroatoms. The van der Waals surface area contributed by atoms with Crippen molar-refractivity contribution in [2.45, 2.75) is 26.2 Å². The van der Waals surface area contributed by atoms with Gasteiger partial charge in [-0.1, -0.05) is 50.3 Å². The molecule has 2 aromatic carbocycles. The van der Waals surface area contributed by atoms with E-state index in [0.29, 0.717) is 6.61 Å². The van der Waals surface area contributed by atoms with Crippen LogP contribution in [-0.2, 0) is 5.41 Å². The van der Waals surface area contributed by atoms with E-state index in [1.54, 1.807) is 0 Å². The largest absolute Gasteiger partial charge is 0.494 e. The van der Waals surface area contributed by atoms with Gasteiger partial charge in [-0.25, -0.2) is 4.99 Å². The highest BCUT2D eigenvalue weighted by Gasteiger charge is 2.37. The van der Waals surface area contributed by atoms with Crippen molar-refractivity contribution in [3.63, 3.8) is 0 Å². The van der Waals surface area contributed by atoms with Gasteiger partial charge in [-0.2, -0.15) is 0 Å². The molecular formula is C27H28N2O. The molecule has 0 spiro atoms. The summed E-state index contributed by atoms with van der Waals surface area (Å²) in [7, 11) is 2.14. The molecule has 0 bridgehead atoms. The Kier molecular flexibility index (Phi) is 5.45. The van der Waals surface area contributed by atoms with E-state index in [4.69, 9.17) is 9.73 Å². The number of hydrogen-bond acceptors (Lipinski definition) is 3. The Morgan fingerprint density at radius 3 is 2.30 bits per heavy atom. The second-order valence-electron chi connectivity index (χ2n) is 8.05. The first kappa shape index (κ1) is 20.0. The first-order chi connectivity index (χ1) is 14.5. The summed E-state index contributed by atoms with van der Waals surface area (Å²) < 4.78 is 5.48. The average Bonchev–Trinajstić information content (AvgIpc) is 2.95. The minimum atomic E-state index is -0.00916. The van der Waals surface area contributed by atoms with Crippen LogP contribution in [0, 0.1) is 0 Å². The fraction of sp³-hybridized carbons (Fsp3) is 0.222. The molecular weight excluding hydrogens is 368 g/mol. The molecule has 1 heterocycles. The van der Waals surface area contributed by atoms with Crippen LogP contribution in [0.4, 0.5) is 11.4 Å². The van der Waals surface area contributed by atoms with Crippen LogP contribution in [0.3, 0.4) is 0 Å². The first-order valence-electron chi connectivity index (χ1n) is 10.4. The fourth-order valence-corrected chi connectivity index (χ4v) is 4.07. The average molecular weight is 397 g/mol. The number of aliphatic imine (C=N–C) groups is 1. The summed E-state index contributed by atoms with van der Waals surface area (Å²) in [6, 6.07) is 16.5. The maximum atomic E-state index is 5.48. The number of nitrogens with zero attached hydrogens (tertiary/aromatic N) is 2. The Balaban J connectivity index is 1.50. The lowest BCUT2D eigenvalue weighted by Crippen LogP contribution is -2.22. The Morgan fingerprint density at radius 2 is 1.63 bits per heavy atom. The van der Waals surface area contributed by atoms with Gasteiger partial charge in [0, 0.05) is 23.8 Å². The molecule has 0 fully saturated rings. The molecule has 2 aromatic rings. The van der Waals surface area contributed by atoms with Gasteiger partial charge in [0.15, 0.2) is 0 Å². The van der Waals surface area contributed by atoms with E-state index in [1.165, 1.54) is 16.9 Å². The molecule has 30 heavy (non-hydrogen) atoms. The van der Waals surface area contributed by atoms with Gasteiger partial charge in [0.2, 0.25) is 0 Å². The van der Waals surface area contributed by atoms with Gasteiger partial charge >= 0.3 is 0 Å². The summed E-state index contributed by atoms with van der Waals surface area (Å²) in [5, 5.41) is 0. The van der Waals surface area contributed by atoms with Crippen LogP contribution in [0.15, 0.2) is 101 Å². The van der Waals surface area contributed by atoms with Gasteiger partial charge in [-0.05, 0) is 66.6 Å². The second-order valence-corrected chi connectivity index (χ2v) is 8.05. The van der Waals surface area contributed by atoms with E-state index in [-0.39, 0.29) is 5.41 Å². The summed E-state index contributed by atoms with van der Waals surface area (Å²) in [6.07, 6.45) is 12.7. The van der Waals surface area contributed by atoms with Gasteiger partial charge in [0.1, 0.15) is 5.75 Å². The van der Waals surface area contributed by atoms with Crippen molar-refractivity contribution in [3.8, 4) is 5.75 Å². The molecule has 0 unspecified atom stereocenters. The Labute approximate surface area is 179 Å². The summed E-state index contributed by atoms with van der Waals surface area (Å²) >= 11 is 0. The Morgan fingerprint density at radius 1 is 0.933 bits per heavy atom. The highest BCUT2D eigenvalue weighted by atomic mass is 16.5. The number of ether oxygens (including phenoxy) is 1. The van der Waals surface area contributed by atoms with Crippen molar-refractivity contribution < 1.29 is 4.74 Å². The number of para-hydroxylation sites is 1. The van der Waals surface area contributed by atoms with Crippen LogP contribution in [0.1, 0.15) is 26.3 Å². The molecule has 0 saturated carbocycles. The van der Waals surface area contributed by atoms with E-state index in [2.05, 4.69) is 86.5 Å². The number of fused-ring (bicyclic) bond motifs is 1. The van der Waals surface area contributed by atoms with Gasteiger partial charge in [0.25, 0.3) is 0 Å². The van der Waals surface area contributed by atoms with Crippen LogP contribution in [0.25, 0.3) is 0 Å². The SMILES string of the molecule is CCOc1ccc(N=C2C=CC(=C/C=C3/N(C)c4ccccc4C3(C)C)C=C2)cc1. The molecule has 0 saturated heterocycles. The molecule has 1 aliphatic carbocycles. The van der Waals surface area contributed by atoms with Crippen molar-refractivity contribution in [1.82, 2.24) is 0 Å². The number of hydrogen-bond donors (Lipinski definition) is 0. The van der Waals surface area contributed by atoms with Crippen molar-refractivity contribution in [2.24, 2.45) is 4.99 Å². The summed E-state index contributed by atoms with van der Waals surface area (Å²) in [6.45, 7) is 7.22. The molecule has 3 nitrogen and oxygen atoms in total. The molecule has 0 atom stereocenters. The van der Waals surface area contributed by atoms with Crippen LogP contribution < -0.4 is 9.64 Å². The van der Waals surface area contributed by atoms with E-state index < -0.39 is 0 Å². The number of rotatable bonds is 4. The fourth-order valence-electron chi connectivity index (χ4n) is 4.07. The monoisotopic (exact) mass is 396 g/mol. The minimum absolute atomic E-state index is 0.00916. The molecule has 0 aromatic heterocycles. The summed E-state index contributed by atoms with van der Waals surface area (Å²) in [5.74, 6) is 0.872. The molecule has 0 amide bonds. The van der Waals surface area contributed by atoms with Gasteiger partial charge in [0.05, 0.1) is 18.0 Å². The number of benzene rings is 2. The van der Waals surface area contributed by atoms with Crippen LogP contribution >= 0.6 is 0 Å². The quantitative estimate of drug-likeness (QED) is 0.587. The first-order valence-corrected chi connectivity index (χ1v) is 10.4. The van der Waals surface area contributed by atoms with Crippen molar-refractivity contribution >= 4 is 17.1 Å². The predicted molar refractivity (Wildman–Crippen MR) is 127 cm³/mol. The maximum absolute atomic E-state index is 5.48. The zero-order valence-corrected chi connectivity index (χ0v) is 18.1. The van der Waals surface area contributed by atoms with E-state index in [9.17, 15) is 0 Å². The van der Waals surface area contributed by atoms with Gasteiger partial charge in [-0.3, -0.25) is 0 Å². The zero-order chi connectivity index (χ0) is 21.1. The third-order valence-electron chi connectivity index (χ3n) is 5.67. The third kappa shape index (κ3) is 3.88.